The van der Waals surface area contributed by atoms with Gasteiger partial charge in [-0.15, -0.1) is 0 Å². The summed E-state index contributed by atoms with van der Waals surface area (Å²) in [5, 5.41) is 9.25. The molecule has 3 heteroatoms. The molecule has 0 fully saturated rings. The maximum absolute atomic E-state index is 11.3. The lowest BCUT2D eigenvalue weighted by Crippen LogP contribution is -2.11. The minimum absolute atomic E-state index is 0.246. The predicted octanol–water partition coefficient (Wildman–Crippen LogP) is 3.17. The number of hydrogen-bond acceptors (Lipinski definition) is 2. The predicted molar refractivity (Wildman–Crippen MR) is 66.5 cm³/mol. The lowest BCUT2D eigenvalue weighted by molar-refractivity contribution is 0.0694. The molecule has 17 heavy (non-hydrogen) atoms. The van der Waals surface area contributed by atoms with Crippen molar-refractivity contribution in [3.8, 4) is 0 Å². The number of carboxylic acid groups (broad SMARTS) is 1. The van der Waals surface area contributed by atoms with Crippen LogP contribution in [-0.4, -0.2) is 16.1 Å². The molecule has 0 atom stereocenters. The number of aromatic carboxylic acids is 1. The molecule has 3 nitrogen and oxygen atoms in total. The highest BCUT2D eigenvalue weighted by atomic mass is 16.4. The molecular formula is C14H19NO2. The van der Waals surface area contributed by atoms with Crippen molar-refractivity contribution in [3.63, 3.8) is 0 Å². The molecule has 0 radical (unpaired) electrons. The first-order chi connectivity index (χ1) is 8.11. The van der Waals surface area contributed by atoms with E-state index in [0.717, 1.165) is 30.5 Å². The summed E-state index contributed by atoms with van der Waals surface area (Å²) in [4.78, 5) is 15.6. The van der Waals surface area contributed by atoms with Crippen LogP contribution >= 0.6 is 0 Å². The van der Waals surface area contributed by atoms with E-state index in [-0.39, 0.29) is 5.92 Å². The van der Waals surface area contributed by atoms with Crippen molar-refractivity contribution in [1.82, 2.24) is 4.98 Å². The standard InChI is InChI=1S/C14H19NO2/c1-9(2)13-10-6-4-3-5-7-12(10)15-8-11(13)14(16)17/h8-9H,3-7H2,1-2H3,(H,16,17). The molecule has 0 aliphatic heterocycles. The molecule has 1 aromatic heterocycles. The van der Waals surface area contributed by atoms with E-state index in [1.54, 1.807) is 6.20 Å². The fourth-order valence-corrected chi connectivity index (χ4v) is 2.70. The summed E-state index contributed by atoms with van der Waals surface area (Å²) < 4.78 is 0. The Morgan fingerprint density at radius 2 is 2.00 bits per heavy atom. The van der Waals surface area contributed by atoms with Gasteiger partial charge in [0.2, 0.25) is 0 Å². The topological polar surface area (TPSA) is 50.2 Å². The van der Waals surface area contributed by atoms with Crippen LogP contribution in [-0.2, 0) is 12.8 Å². The van der Waals surface area contributed by atoms with Crippen molar-refractivity contribution < 1.29 is 9.90 Å². The average Bonchev–Trinajstić information content (AvgIpc) is 2.51. The van der Waals surface area contributed by atoms with Gasteiger partial charge >= 0.3 is 5.97 Å². The fraction of sp³-hybridized carbons (Fsp3) is 0.571. The second-order valence-electron chi connectivity index (χ2n) is 5.03. The highest BCUT2D eigenvalue weighted by Crippen LogP contribution is 2.29. The van der Waals surface area contributed by atoms with Crippen molar-refractivity contribution in [2.75, 3.05) is 0 Å². The van der Waals surface area contributed by atoms with Gasteiger partial charge in [-0.3, -0.25) is 4.98 Å². The molecule has 92 valence electrons. The van der Waals surface area contributed by atoms with E-state index in [4.69, 9.17) is 0 Å². The highest BCUT2D eigenvalue weighted by Gasteiger charge is 2.21. The lowest BCUT2D eigenvalue weighted by atomic mass is 9.90. The SMILES string of the molecule is CC(C)c1c(C(=O)O)cnc2c1CCCCC2. The van der Waals surface area contributed by atoms with E-state index in [9.17, 15) is 9.90 Å². The number of rotatable bonds is 2. The van der Waals surface area contributed by atoms with Crippen molar-refractivity contribution in [3.05, 3.63) is 28.6 Å². The maximum atomic E-state index is 11.3. The number of aryl methyl sites for hydroxylation is 1. The van der Waals surface area contributed by atoms with Gasteiger partial charge in [0, 0.05) is 11.9 Å². The molecule has 0 unspecified atom stereocenters. The zero-order valence-electron chi connectivity index (χ0n) is 10.5. The van der Waals surface area contributed by atoms with Crippen LogP contribution < -0.4 is 0 Å². The van der Waals surface area contributed by atoms with Crippen LogP contribution in [0.3, 0.4) is 0 Å². The third kappa shape index (κ3) is 2.33. The van der Waals surface area contributed by atoms with Crippen molar-refractivity contribution in [2.45, 2.75) is 51.9 Å². The van der Waals surface area contributed by atoms with Crippen LogP contribution in [0, 0.1) is 0 Å². The van der Waals surface area contributed by atoms with Crippen LogP contribution in [0.15, 0.2) is 6.20 Å². The first-order valence-electron chi connectivity index (χ1n) is 6.35. The number of hydrogen-bond donors (Lipinski definition) is 1. The second kappa shape index (κ2) is 4.86. The second-order valence-corrected chi connectivity index (χ2v) is 5.03. The Bertz CT molecular complexity index is 438. The minimum Gasteiger partial charge on any atom is -0.478 e. The zero-order valence-corrected chi connectivity index (χ0v) is 10.5. The Morgan fingerprint density at radius 1 is 1.29 bits per heavy atom. The molecule has 0 bridgehead atoms. The van der Waals surface area contributed by atoms with Gasteiger partial charge in [0.1, 0.15) is 0 Å². The van der Waals surface area contributed by atoms with Gasteiger partial charge in [-0.1, -0.05) is 20.3 Å². The Hall–Kier alpha value is -1.38. The molecule has 0 saturated heterocycles. The van der Waals surface area contributed by atoms with E-state index >= 15 is 0 Å². The van der Waals surface area contributed by atoms with Gasteiger partial charge < -0.3 is 5.11 Å². The first-order valence-corrected chi connectivity index (χ1v) is 6.35. The van der Waals surface area contributed by atoms with E-state index in [1.165, 1.54) is 18.4 Å². The number of aromatic nitrogens is 1. The molecule has 0 amide bonds. The van der Waals surface area contributed by atoms with Gasteiger partial charge in [0.15, 0.2) is 0 Å². The van der Waals surface area contributed by atoms with E-state index in [1.807, 2.05) is 0 Å². The molecule has 1 aliphatic rings. The number of fused-ring (bicyclic) bond motifs is 1. The molecule has 1 aromatic rings. The van der Waals surface area contributed by atoms with Crippen LogP contribution in [0.4, 0.5) is 0 Å². The van der Waals surface area contributed by atoms with Gasteiger partial charge in [-0.25, -0.2) is 4.79 Å². The van der Waals surface area contributed by atoms with Crippen LogP contribution in [0.1, 0.15) is 66.2 Å². The van der Waals surface area contributed by atoms with Crippen molar-refractivity contribution >= 4 is 5.97 Å². The van der Waals surface area contributed by atoms with E-state index in [0.29, 0.717) is 5.56 Å². The summed E-state index contributed by atoms with van der Waals surface area (Å²) in [6.45, 7) is 4.12. The Morgan fingerprint density at radius 3 is 2.65 bits per heavy atom. The van der Waals surface area contributed by atoms with Crippen LogP contribution in [0.5, 0.6) is 0 Å². The highest BCUT2D eigenvalue weighted by molar-refractivity contribution is 5.89. The number of nitrogens with zero attached hydrogens (tertiary/aromatic N) is 1. The van der Waals surface area contributed by atoms with E-state index < -0.39 is 5.97 Å². The van der Waals surface area contributed by atoms with Gasteiger partial charge in [0.25, 0.3) is 0 Å². The summed E-state index contributed by atoms with van der Waals surface area (Å²) in [5.74, 6) is -0.607. The smallest absolute Gasteiger partial charge is 0.337 e. The quantitative estimate of drug-likeness (QED) is 0.798. The summed E-state index contributed by atoms with van der Waals surface area (Å²) >= 11 is 0. The fourth-order valence-electron chi connectivity index (χ4n) is 2.70. The Balaban J connectivity index is 2.59. The van der Waals surface area contributed by atoms with Crippen LogP contribution in [0.2, 0.25) is 0 Å². The lowest BCUT2D eigenvalue weighted by Gasteiger charge is -2.17. The Kier molecular flexibility index (Phi) is 3.46. The Labute approximate surface area is 102 Å². The monoisotopic (exact) mass is 233 g/mol. The van der Waals surface area contributed by atoms with Gasteiger partial charge in [-0.2, -0.15) is 0 Å². The van der Waals surface area contributed by atoms with Crippen LogP contribution in [0.25, 0.3) is 0 Å². The van der Waals surface area contributed by atoms with Gasteiger partial charge in [-0.05, 0) is 42.7 Å². The summed E-state index contributed by atoms with van der Waals surface area (Å²) in [6, 6.07) is 0. The molecule has 1 heterocycles. The van der Waals surface area contributed by atoms with Crippen molar-refractivity contribution in [2.24, 2.45) is 0 Å². The number of carboxylic acids is 1. The molecule has 0 spiro atoms. The first kappa shape index (κ1) is 12.1. The normalized spacial score (nSPS) is 15.5. The molecular weight excluding hydrogens is 214 g/mol. The number of carbonyl (C=O) groups is 1. The largest absolute Gasteiger partial charge is 0.478 e. The summed E-state index contributed by atoms with van der Waals surface area (Å²) in [7, 11) is 0. The molecule has 1 aliphatic carbocycles. The summed E-state index contributed by atoms with van der Waals surface area (Å²) in [6.07, 6.45) is 7.06. The maximum Gasteiger partial charge on any atom is 0.337 e. The van der Waals surface area contributed by atoms with E-state index in [2.05, 4.69) is 18.8 Å². The minimum atomic E-state index is -0.853. The molecule has 0 saturated carbocycles. The van der Waals surface area contributed by atoms with Gasteiger partial charge in [0.05, 0.1) is 5.56 Å². The molecule has 1 N–H and O–H groups in total. The third-order valence-electron chi connectivity index (χ3n) is 3.46. The number of pyridine rings is 1. The average molecular weight is 233 g/mol. The third-order valence-corrected chi connectivity index (χ3v) is 3.46. The zero-order chi connectivity index (χ0) is 12.4. The molecule has 0 aromatic carbocycles. The van der Waals surface area contributed by atoms with Crippen molar-refractivity contribution in [1.29, 1.82) is 0 Å². The summed E-state index contributed by atoms with van der Waals surface area (Å²) in [5.41, 5.74) is 3.72. The molecule has 2 rings (SSSR count).